The Morgan fingerprint density at radius 2 is 1.97 bits per heavy atom. The molecule has 1 aromatic carbocycles. The first kappa shape index (κ1) is 26.8. The lowest BCUT2D eigenvalue weighted by atomic mass is 9.94. The quantitative estimate of drug-likeness (QED) is 0.254. The van der Waals surface area contributed by atoms with E-state index in [4.69, 9.17) is 10.3 Å². The molecule has 4 rings (SSSR count). The van der Waals surface area contributed by atoms with Crippen LogP contribution in [0.15, 0.2) is 47.7 Å². The van der Waals surface area contributed by atoms with E-state index in [1.807, 2.05) is 6.07 Å². The van der Waals surface area contributed by atoms with E-state index in [1.54, 1.807) is 13.1 Å². The number of rotatable bonds is 8. The van der Waals surface area contributed by atoms with Gasteiger partial charge in [-0.05, 0) is 61.6 Å². The number of aromatic nitrogens is 2. The van der Waals surface area contributed by atoms with Crippen LogP contribution >= 0.6 is 0 Å². The smallest absolute Gasteiger partial charge is 0.419 e. The number of nitrogens with one attached hydrogen (secondary N) is 2. The number of hydrogen-bond acceptors (Lipinski definition) is 8. The number of ether oxygens (including phenoxy) is 1. The maximum absolute atomic E-state index is 13.9. The Labute approximate surface area is 216 Å². The fourth-order valence-corrected chi connectivity index (χ4v) is 4.45. The van der Waals surface area contributed by atoms with Gasteiger partial charge in [-0.3, -0.25) is 0 Å². The van der Waals surface area contributed by atoms with Crippen molar-refractivity contribution in [3.63, 3.8) is 0 Å². The van der Waals surface area contributed by atoms with Crippen molar-refractivity contribution in [1.29, 1.82) is 10.8 Å². The van der Waals surface area contributed by atoms with Crippen LogP contribution in [0.3, 0.4) is 0 Å². The molecule has 0 amide bonds. The highest BCUT2D eigenvalue weighted by Gasteiger charge is 2.35. The molecule has 0 aliphatic carbocycles. The van der Waals surface area contributed by atoms with Crippen molar-refractivity contribution in [1.82, 2.24) is 9.97 Å². The maximum atomic E-state index is 13.9. The van der Waals surface area contributed by atoms with Gasteiger partial charge in [0.25, 0.3) is 0 Å². The zero-order valence-corrected chi connectivity index (χ0v) is 20.5. The van der Waals surface area contributed by atoms with Crippen molar-refractivity contribution in [3.8, 4) is 23.1 Å². The summed E-state index contributed by atoms with van der Waals surface area (Å²) in [5.41, 5.74) is 6.75. The number of anilines is 2. The lowest BCUT2D eigenvalue weighted by Crippen LogP contribution is -2.34. The van der Waals surface area contributed by atoms with E-state index in [9.17, 15) is 22.8 Å². The summed E-state index contributed by atoms with van der Waals surface area (Å²) in [6, 6.07) is 9.94. The van der Waals surface area contributed by atoms with Crippen LogP contribution in [0.4, 0.5) is 34.8 Å². The zero-order chi connectivity index (χ0) is 27.3. The summed E-state index contributed by atoms with van der Waals surface area (Å²) >= 11 is 0. The third-order valence-electron chi connectivity index (χ3n) is 6.49. The standard InChI is InChI=1S/C26H25F4N7O/c1-33-21-13-20(35-22(14-31)25(21)36-32)17-2-4-23(19(12-17)26(28,29)30)38-11-8-16-6-9-37(10-7-16)24-5-3-18(27)15-34-24/h2-5,12-13,15-16,32H,6-11H2,1H3,(H,33,35). The molecule has 3 aromatic rings. The van der Waals surface area contributed by atoms with Gasteiger partial charge in [0.1, 0.15) is 29.1 Å². The van der Waals surface area contributed by atoms with Crippen LogP contribution in [-0.2, 0) is 6.18 Å². The average molecular weight is 528 g/mol. The minimum Gasteiger partial charge on any atom is -0.493 e. The Kier molecular flexibility index (Phi) is 8.05. The second kappa shape index (κ2) is 11.4. The SMILES string of the molecule is CNc1cc(-c2ccc(OCCC3CCN(c4ccc(F)cn4)CC3)c(C(F)(F)F)c2)nc(C#N)c1N=N. The lowest BCUT2D eigenvalue weighted by Gasteiger charge is -2.32. The van der Waals surface area contributed by atoms with Crippen molar-refractivity contribution in [3.05, 3.63) is 59.7 Å². The molecule has 0 atom stereocenters. The van der Waals surface area contributed by atoms with Crippen LogP contribution in [-0.4, -0.2) is 36.7 Å². The number of hydrogen-bond donors (Lipinski definition) is 2. The van der Waals surface area contributed by atoms with Gasteiger partial charge in [0, 0.05) is 25.7 Å². The van der Waals surface area contributed by atoms with Crippen molar-refractivity contribution in [2.24, 2.45) is 11.0 Å². The fraction of sp³-hybridized carbons (Fsp3) is 0.346. The second-order valence-corrected chi connectivity index (χ2v) is 8.84. The maximum Gasteiger partial charge on any atom is 0.419 e. The first-order valence-electron chi connectivity index (χ1n) is 11.9. The van der Waals surface area contributed by atoms with E-state index >= 15 is 0 Å². The third-order valence-corrected chi connectivity index (χ3v) is 6.49. The van der Waals surface area contributed by atoms with Crippen LogP contribution in [0.2, 0.25) is 0 Å². The minimum atomic E-state index is -4.67. The van der Waals surface area contributed by atoms with E-state index < -0.39 is 17.6 Å². The second-order valence-electron chi connectivity index (χ2n) is 8.84. The van der Waals surface area contributed by atoms with E-state index in [0.29, 0.717) is 17.9 Å². The number of pyridine rings is 2. The Hall–Kier alpha value is -4.27. The Morgan fingerprint density at radius 1 is 1.21 bits per heavy atom. The van der Waals surface area contributed by atoms with Crippen molar-refractivity contribution in [2.45, 2.75) is 25.4 Å². The molecule has 2 N–H and O–H groups in total. The summed E-state index contributed by atoms with van der Waals surface area (Å²) in [6.07, 6.45) is -1.23. The van der Waals surface area contributed by atoms with Crippen LogP contribution in [0.25, 0.3) is 11.3 Å². The fourth-order valence-electron chi connectivity index (χ4n) is 4.45. The van der Waals surface area contributed by atoms with Crippen LogP contribution < -0.4 is 15.0 Å². The number of piperidine rings is 1. The highest BCUT2D eigenvalue weighted by Crippen LogP contribution is 2.40. The van der Waals surface area contributed by atoms with Gasteiger partial charge in [-0.2, -0.15) is 23.5 Å². The van der Waals surface area contributed by atoms with Gasteiger partial charge in [0.2, 0.25) is 0 Å². The molecule has 0 bridgehead atoms. The van der Waals surface area contributed by atoms with Crippen molar-refractivity contribution >= 4 is 17.2 Å². The van der Waals surface area contributed by atoms with Gasteiger partial charge in [-0.15, -0.1) is 0 Å². The van der Waals surface area contributed by atoms with Gasteiger partial charge in [-0.25, -0.2) is 19.9 Å². The molecule has 3 heterocycles. The van der Waals surface area contributed by atoms with Crippen LogP contribution in [0.5, 0.6) is 5.75 Å². The number of halogens is 4. The van der Waals surface area contributed by atoms with Gasteiger partial charge in [-0.1, -0.05) is 0 Å². The summed E-state index contributed by atoms with van der Waals surface area (Å²) in [7, 11) is 1.55. The number of alkyl halides is 3. The van der Waals surface area contributed by atoms with E-state index in [1.165, 1.54) is 30.5 Å². The molecular formula is C26H25F4N7O. The first-order valence-corrected chi connectivity index (χ1v) is 11.9. The molecule has 198 valence electrons. The first-order chi connectivity index (χ1) is 18.2. The number of nitrogens with zero attached hydrogens (tertiary/aromatic N) is 5. The molecule has 0 unspecified atom stereocenters. The van der Waals surface area contributed by atoms with E-state index in [-0.39, 0.29) is 40.9 Å². The van der Waals surface area contributed by atoms with Gasteiger partial charge >= 0.3 is 6.18 Å². The monoisotopic (exact) mass is 527 g/mol. The van der Waals surface area contributed by atoms with Gasteiger partial charge in [0.05, 0.1) is 29.7 Å². The summed E-state index contributed by atoms with van der Waals surface area (Å²) in [5.74, 6) is 0.324. The third kappa shape index (κ3) is 5.99. The molecule has 0 spiro atoms. The lowest BCUT2D eigenvalue weighted by molar-refractivity contribution is -0.138. The molecule has 0 saturated carbocycles. The summed E-state index contributed by atoms with van der Waals surface area (Å²) in [6.45, 7) is 1.58. The molecule has 1 aliphatic rings. The Bertz CT molecular complexity index is 1330. The van der Waals surface area contributed by atoms with Gasteiger partial charge in [0.15, 0.2) is 5.69 Å². The molecule has 0 radical (unpaired) electrons. The topological polar surface area (TPSA) is 110 Å². The highest BCUT2D eigenvalue weighted by atomic mass is 19.4. The molecule has 1 aliphatic heterocycles. The summed E-state index contributed by atoms with van der Waals surface area (Å²) in [5, 5.41) is 15.4. The molecule has 38 heavy (non-hydrogen) atoms. The Balaban J connectivity index is 1.44. The Morgan fingerprint density at radius 3 is 2.58 bits per heavy atom. The van der Waals surface area contributed by atoms with Gasteiger partial charge < -0.3 is 15.0 Å². The summed E-state index contributed by atoms with van der Waals surface area (Å²) in [4.78, 5) is 10.3. The highest BCUT2D eigenvalue weighted by molar-refractivity contribution is 5.77. The van der Waals surface area contributed by atoms with E-state index in [2.05, 4.69) is 25.3 Å². The minimum absolute atomic E-state index is 0.00881. The van der Waals surface area contributed by atoms with Crippen molar-refractivity contribution in [2.75, 3.05) is 37.0 Å². The van der Waals surface area contributed by atoms with Crippen molar-refractivity contribution < 1.29 is 22.3 Å². The molecule has 1 fully saturated rings. The molecule has 2 aromatic heterocycles. The number of nitriles is 1. The molecule has 12 heteroatoms. The largest absolute Gasteiger partial charge is 0.493 e. The number of benzene rings is 1. The zero-order valence-electron chi connectivity index (χ0n) is 20.5. The summed E-state index contributed by atoms with van der Waals surface area (Å²) < 4.78 is 60.5. The predicted molar refractivity (Wildman–Crippen MR) is 133 cm³/mol. The molecule has 8 nitrogen and oxygen atoms in total. The van der Waals surface area contributed by atoms with E-state index in [0.717, 1.165) is 32.0 Å². The predicted octanol–water partition coefficient (Wildman–Crippen LogP) is 6.56. The van der Waals surface area contributed by atoms with Crippen LogP contribution in [0.1, 0.15) is 30.5 Å². The normalized spacial score (nSPS) is 14.2. The van der Waals surface area contributed by atoms with Crippen LogP contribution in [0, 0.1) is 28.6 Å². The average Bonchev–Trinajstić information content (AvgIpc) is 2.92. The molecule has 1 saturated heterocycles. The molecular weight excluding hydrogens is 502 g/mol.